The topological polar surface area (TPSA) is 84.0 Å². The number of ether oxygens (including phenoxy) is 1. The van der Waals surface area contributed by atoms with Crippen LogP contribution in [0.25, 0.3) is 0 Å². The summed E-state index contributed by atoms with van der Waals surface area (Å²) in [6.45, 7) is 1.62. The van der Waals surface area contributed by atoms with Gasteiger partial charge in [0.2, 0.25) is 0 Å². The molecule has 1 heterocycles. The van der Waals surface area contributed by atoms with Crippen LogP contribution >= 0.6 is 0 Å². The van der Waals surface area contributed by atoms with Crippen molar-refractivity contribution in [2.24, 2.45) is 0 Å². The van der Waals surface area contributed by atoms with Crippen LogP contribution < -0.4 is 13.9 Å². The molecule has 3 aromatic carbocycles. The Hall–Kier alpha value is -3.65. The number of carbonyl (C=O) groups is 2. The highest BCUT2D eigenvalue weighted by Gasteiger charge is 2.43. The molecule has 0 N–H and O–H groups in total. The van der Waals surface area contributed by atoms with Crippen molar-refractivity contribution in [3.63, 3.8) is 0 Å². The number of anilines is 2. The van der Waals surface area contributed by atoms with E-state index < -0.39 is 16.1 Å². The average Bonchev–Trinajstić information content (AvgIpc) is 2.77. The van der Waals surface area contributed by atoms with E-state index in [0.717, 1.165) is 5.56 Å². The largest absolute Gasteiger partial charge is 0.497 e. The molecule has 158 valence electrons. The van der Waals surface area contributed by atoms with Gasteiger partial charge < -0.3 is 4.74 Å². The highest BCUT2D eigenvalue weighted by atomic mass is 32.2. The molecule has 1 aliphatic heterocycles. The van der Waals surface area contributed by atoms with E-state index in [1.54, 1.807) is 36.4 Å². The van der Waals surface area contributed by atoms with Crippen molar-refractivity contribution in [3.8, 4) is 5.75 Å². The van der Waals surface area contributed by atoms with Crippen molar-refractivity contribution < 1.29 is 22.7 Å². The molecule has 0 aliphatic carbocycles. The number of methoxy groups -OCH3 is 1. The van der Waals surface area contributed by atoms with E-state index in [1.165, 1.54) is 36.3 Å². The SMILES string of the molecule is COc1cccc(N2C(=O)N(CC(=O)c3ccc(C)cc3)c3ccccc3S2(=O)=O)c1. The van der Waals surface area contributed by atoms with Gasteiger partial charge in [0.05, 0.1) is 25.0 Å². The number of nitrogens with zero attached hydrogens (tertiary/aromatic N) is 2. The lowest BCUT2D eigenvalue weighted by atomic mass is 10.1. The minimum Gasteiger partial charge on any atom is -0.497 e. The van der Waals surface area contributed by atoms with Gasteiger partial charge in [-0.3, -0.25) is 9.69 Å². The predicted octanol–water partition coefficient (Wildman–Crippen LogP) is 4.02. The molecule has 0 spiro atoms. The Morgan fingerprint density at radius 3 is 2.39 bits per heavy atom. The van der Waals surface area contributed by atoms with Gasteiger partial charge in [0.15, 0.2) is 5.78 Å². The van der Waals surface area contributed by atoms with Crippen LogP contribution in [0, 0.1) is 6.92 Å². The highest BCUT2D eigenvalue weighted by Crippen LogP contribution is 2.38. The fourth-order valence-corrected chi connectivity index (χ4v) is 5.01. The van der Waals surface area contributed by atoms with E-state index in [9.17, 15) is 18.0 Å². The number of fused-ring (bicyclic) bond motifs is 1. The van der Waals surface area contributed by atoms with Crippen molar-refractivity contribution >= 4 is 33.2 Å². The second kappa shape index (κ2) is 7.88. The van der Waals surface area contributed by atoms with E-state index >= 15 is 0 Å². The number of hydrogen-bond acceptors (Lipinski definition) is 5. The minimum atomic E-state index is -4.17. The predicted molar refractivity (Wildman–Crippen MR) is 117 cm³/mol. The van der Waals surface area contributed by atoms with Crippen LogP contribution in [0.2, 0.25) is 0 Å². The molecule has 8 heteroatoms. The summed E-state index contributed by atoms with van der Waals surface area (Å²) in [7, 11) is -2.72. The van der Waals surface area contributed by atoms with Gasteiger partial charge in [-0.2, -0.15) is 4.31 Å². The lowest BCUT2D eigenvalue weighted by Crippen LogP contribution is -2.52. The molecule has 7 nitrogen and oxygen atoms in total. The molecular formula is C23H20N2O5S. The third-order valence-electron chi connectivity index (χ3n) is 5.04. The van der Waals surface area contributed by atoms with Gasteiger partial charge in [0, 0.05) is 11.6 Å². The first-order valence-corrected chi connectivity index (χ1v) is 11.0. The van der Waals surface area contributed by atoms with Crippen molar-refractivity contribution in [3.05, 3.63) is 83.9 Å². The molecule has 31 heavy (non-hydrogen) atoms. The Balaban J connectivity index is 1.80. The lowest BCUT2D eigenvalue weighted by molar-refractivity contribution is 0.0999. The van der Waals surface area contributed by atoms with E-state index in [-0.39, 0.29) is 28.6 Å². The molecule has 0 bridgehead atoms. The maximum atomic E-state index is 13.4. The molecule has 0 saturated carbocycles. The number of para-hydroxylation sites is 1. The molecule has 3 aromatic rings. The zero-order valence-electron chi connectivity index (χ0n) is 17.0. The summed E-state index contributed by atoms with van der Waals surface area (Å²) in [5.41, 5.74) is 1.75. The van der Waals surface area contributed by atoms with Crippen LogP contribution in [0.4, 0.5) is 16.2 Å². The Bertz CT molecular complexity index is 1270. The summed E-state index contributed by atoms with van der Waals surface area (Å²) in [4.78, 5) is 27.5. The Morgan fingerprint density at radius 1 is 0.968 bits per heavy atom. The molecule has 4 rings (SSSR count). The van der Waals surface area contributed by atoms with Crippen molar-refractivity contribution in [1.29, 1.82) is 0 Å². The zero-order chi connectivity index (χ0) is 22.2. The molecule has 0 aromatic heterocycles. The second-order valence-electron chi connectivity index (χ2n) is 7.10. The number of benzene rings is 3. The summed E-state index contributed by atoms with van der Waals surface area (Å²) < 4.78 is 32.5. The summed E-state index contributed by atoms with van der Waals surface area (Å²) >= 11 is 0. The van der Waals surface area contributed by atoms with Crippen LogP contribution in [0.5, 0.6) is 5.75 Å². The summed E-state index contributed by atoms with van der Waals surface area (Å²) in [6.07, 6.45) is 0. The molecule has 0 radical (unpaired) electrons. The average molecular weight is 436 g/mol. The maximum absolute atomic E-state index is 13.4. The third-order valence-corrected chi connectivity index (χ3v) is 6.79. The van der Waals surface area contributed by atoms with E-state index in [1.807, 2.05) is 19.1 Å². The minimum absolute atomic E-state index is 0.0471. The van der Waals surface area contributed by atoms with Gasteiger partial charge in [-0.15, -0.1) is 0 Å². The zero-order valence-corrected chi connectivity index (χ0v) is 17.8. The Kier molecular flexibility index (Phi) is 5.24. The van der Waals surface area contributed by atoms with Gasteiger partial charge in [-0.05, 0) is 31.2 Å². The molecule has 0 unspecified atom stereocenters. The Labute approximate surface area is 180 Å². The van der Waals surface area contributed by atoms with Crippen molar-refractivity contribution in [1.82, 2.24) is 0 Å². The fourth-order valence-electron chi connectivity index (χ4n) is 3.43. The number of aryl methyl sites for hydroxylation is 1. The number of amides is 2. The fraction of sp³-hybridized carbons (Fsp3) is 0.130. The summed E-state index contributed by atoms with van der Waals surface area (Å²) in [5, 5.41) is 0. The number of rotatable bonds is 5. The molecule has 0 fully saturated rings. The first-order valence-electron chi connectivity index (χ1n) is 9.52. The van der Waals surface area contributed by atoms with Crippen LogP contribution in [0.3, 0.4) is 0 Å². The van der Waals surface area contributed by atoms with Crippen LogP contribution in [-0.4, -0.2) is 33.9 Å². The van der Waals surface area contributed by atoms with Gasteiger partial charge in [0.1, 0.15) is 10.6 Å². The third kappa shape index (κ3) is 3.66. The Morgan fingerprint density at radius 2 is 1.68 bits per heavy atom. The van der Waals surface area contributed by atoms with Gasteiger partial charge in [-0.25, -0.2) is 13.2 Å². The lowest BCUT2D eigenvalue weighted by Gasteiger charge is -2.35. The van der Waals surface area contributed by atoms with Crippen molar-refractivity contribution in [2.75, 3.05) is 22.9 Å². The van der Waals surface area contributed by atoms with E-state index in [2.05, 4.69) is 0 Å². The molecule has 1 aliphatic rings. The number of carbonyl (C=O) groups excluding carboxylic acids is 2. The smallest absolute Gasteiger partial charge is 0.343 e. The monoisotopic (exact) mass is 436 g/mol. The number of sulfonamides is 1. The van der Waals surface area contributed by atoms with Gasteiger partial charge in [0.25, 0.3) is 10.0 Å². The van der Waals surface area contributed by atoms with Gasteiger partial charge in [-0.1, -0.05) is 48.0 Å². The molecule has 2 amide bonds. The molecule has 0 atom stereocenters. The van der Waals surface area contributed by atoms with Crippen LogP contribution in [0.1, 0.15) is 15.9 Å². The van der Waals surface area contributed by atoms with E-state index in [0.29, 0.717) is 15.6 Å². The van der Waals surface area contributed by atoms with E-state index in [4.69, 9.17) is 4.74 Å². The number of ketones is 1. The normalized spacial score (nSPS) is 14.8. The summed E-state index contributed by atoms with van der Waals surface area (Å²) in [5.74, 6) is 0.106. The van der Waals surface area contributed by atoms with Gasteiger partial charge >= 0.3 is 6.03 Å². The highest BCUT2D eigenvalue weighted by molar-refractivity contribution is 7.94. The maximum Gasteiger partial charge on any atom is 0.343 e. The quantitative estimate of drug-likeness (QED) is 0.564. The van der Waals surface area contributed by atoms with Crippen molar-refractivity contribution in [2.45, 2.75) is 11.8 Å². The molecular weight excluding hydrogens is 416 g/mol. The summed E-state index contributed by atoms with van der Waals surface area (Å²) in [6, 6.07) is 18.5. The first kappa shape index (κ1) is 20.6. The number of Topliss-reactive ketones (excluding diaryl/α,β-unsaturated/α-hetero) is 1. The number of hydrogen-bond donors (Lipinski definition) is 0. The number of urea groups is 1. The van der Waals surface area contributed by atoms with Crippen LogP contribution in [0.15, 0.2) is 77.7 Å². The first-order chi connectivity index (χ1) is 14.8. The van der Waals surface area contributed by atoms with Crippen LogP contribution in [-0.2, 0) is 10.0 Å². The second-order valence-corrected chi connectivity index (χ2v) is 8.85. The standard InChI is InChI=1S/C23H20N2O5S/c1-16-10-12-17(13-11-16)21(26)15-24-20-8-3-4-9-22(20)31(28,29)25(23(24)27)18-6-5-7-19(14-18)30-2/h3-14H,15H2,1-2H3. The molecule has 0 saturated heterocycles.